The number of halogens is 1. The average molecular weight is 336 g/mol. The summed E-state index contributed by atoms with van der Waals surface area (Å²) in [6.45, 7) is 0.822. The zero-order chi connectivity index (χ0) is 17.9. The Hall–Kier alpha value is -2.74. The molecule has 24 heavy (non-hydrogen) atoms. The van der Waals surface area contributed by atoms with Crippen LogP contribution in [0.3, 0.4) is 0 Å². The molecular weight excluding hydrogens is 319 g/mol. The maximum absolute atomic E-state index is 13.0. The molecule has 1 aliphatic heterocycles. The lowest BCUT2D eigenvalue weighted by atomic mass is 10.2. The van der Waals surface area contributed by atoms with Crippen molar-refractivity contribution in [2.24, 2.45) is 0 Å². The minimum atomic E-state index is -0.726. The van der Waals surface area contributed by atoms with Crippen LogP contribution in [0.4, 0.5) is 4.39 Å². The number of hydrogen-bond donors (Lipinski definition) is 1. The predicted octanol–water partition coefficient (Wildman–Crippen LogP) is 0.959. The molecule has 0 saturated carbocycles. The lowest BCUT2D eigenvalue weighted by Crippen LogP contribution is -2.35. The molecule has 0 fully saturated rings. The first kappa shape index (κ1) is 17.6. The molecule has 1 N–H and O–H groups in total. The summed E-state index contributed by atoms with van der Waals surface area (Å²) in [4.78, 5) is 41.7. The molecule has 1 heterocycles. The van der Waals surface area contributed by atoms with Gasteiger partial charge in [0.1, 0.15) is 12.4 Å². The van der Waals surface area contributed by atoms with E-state index in [4.69, 9.17) is 4.84 Å². The molecule has 1 aromatic rings. The fourth-order valence-electron chi connectivity index (χ4n) is 2.11. The van der Waals surface area contributed by atoms with Crippen molar-refractivity contribution in [3.63, 3.8) is 0 Å². The van der Waals surface area contributed by atoms with E-state index in [1.165, 1.54) is 43.1 Å². The van der Waals surface area contributed by atoms with Gasteiger partial charge in [-0.2, -0.15) is 0 Å². The molecule has 0 radical (unpaired) electrons. The Labute approximate surface area is 137 Å². The predicted molar refractivity (Wildman–Crippen MR) is 80.9 cm³/mol. The van der Waals surface area contributed by atoms with Gasteiger partial charge in [0.25, 0.3) is 11.8 Å². The van der Waals surface area contributed by atoms with Crippen molar-refractivity contribution in [1.82, 2.24) is 9.96 Å². The Kier molecular flexibility index (Phi) is 5.30. The number of hydrogen-bond acceptors (Lipinski definition) is 5. The Balaban J connectivity index is 2.22. The standard InChI is InChI=1S/C16H17FN2O5/c1-10(20)9-24-19(7-11-3-5-12(17)6-4-11)15(22)13-8-18(2)16(23)14(13)21/h3-6,21H,7-9H2,1-2H3. The summed E-state index contributed by atoms with van der Waals surface area (Å²) in [5.41, 5.74) is 0.444. The van der Waals surface area contributed by atoms with Gasteiger partial charge in [0.2, 0.25) is 0 Å². The van der Waals surface area contributed by atoms with E-state index >= 15 is 0 Å². The summed E-state index contributed by atoms with van der Waals surface area (Å²) in [5, 5.41) is 10.7. The summed E-state index contributed by atoms with van der Waals surface area (Å²) >= 11 is 0. The number of hydroxylamine groups is 2. The number of amides is 2. The van der Waals surface area contributed by atoms with Gasteiger partial charge in [0, 0.05) is 7.05 Å². The highest BCUT2D eigenvalue weighted by Crippen LogP contribution is 2.19. The van der Waals surface area contributed by atoms with Gasteiger partial charge in [0.15, 0.2) is 11.5 Å². The molecular formula is C16H17FN2O5. The van der Waals surface area contributed by atoms with Gasteiger partial charge in [-0.1, -0.05) is 12.1 Å². The summed E-state index contributed by atoms with van der Waals surface area (Å²) in [5.74, 6) is -2.75. The van der Waals surface area contributed by atoms with Crippen LogP contribution in [0, 0.1) is 5.82 Å². The lowest BCUT2D eigenvalue weighted by Gasteiger charge is -2.22. The number of rotatable bonds is 6. The summed E-state index contributed by atoms with van der Waals surface area (Å²) in [6.07, 6.45) is 0. The van der Waals surface area contributed by atoms with Crippen molar-refractivity contribution in [1.29, 1.82) is 0 Å². The highest BCUT2D eigenvalue weighted by atomic mass is 19.1. The average Bonchev–Trinajstić information content (AvgIpc) is 2.80. The zero-order valence-electron chi connectivity index (χ0n) is 13.3. The van der Waals surface area contributed by atoms with Gasteiger partial charge < -0.3 is 10.0 Å². The van der Waals surface area contributed by atoms with Gasteiger partial charge in [0.05, 0.1) is 18.7 Å². The first-order chi connectivity index (χ1) is 11.3. The van der Waals surface area contributed by atoms with Crippen LogP contribution in [0.25, 0.3) is 0 Å². The first-order valence-electron chi connectivity index (χ1n) is 7.16. The van der Waals surface area contributed by atoms with Crippen LogP contribution >= 0.6 is 0 Å². The smallest absolute Gasteiger partial charge is 0.289 e. The minimum Gasteiger partial charge on any atom is -0.503 e. The molecule has 128 valence electrons. The van der Waals surface area contributed by atoms with Gasteiger partial charge >= 0.3 is 0 Å². The van der Waals surface area contributed by atoms with Crippen molar-refractivity contribution >= 4 is 17.6 Å². The molecule has 0 saturated heterocycles. The van der Waals surface area contributed by atoms with Crippen LogP contribution in [-0.4, -0.2) is 52.9 Å². The third-order valence-electron chi connectivity index (χ3n) is 3.38. The third-order valence-corrected chi connectivity index (χ3v) is 3.38. The van der Waals surface area contributed by atoms with Crippen LogP contribution < -0.4 is 0 Å². The van der Waals surface area contributed by atoms with E-state index in [0.717, 1.165) is 5.06 Å². The Morgan fingerprint density at radius 3 is 2.46 bits per heavy atom. The number of benzene rings is 1. The highest BCUT2D eigenvalue weighted by Gasteiger charge is 2.34. The van der Waals surface area contributed by atoms with E-state index in [-0.39, 0.29) is 31.1 Å². The maximum Gasteiger partial charge on any atom is 0.289 e. The van der Waals surface area contributed by atoms with Crippen LogP contribution in [-0.2, 0) is 25.8 Å². The molecule has 2 amide bonds. The van der Waals surface area contributed by atoms with Gasteiger partial charge in [-0.25, -0.2) is 9.45 Å². The minimum absolute atomic E-state index is 0.0626. The summed E-state index contributed by atoms with van der Waals surface area (Å²) < 4.78 is 13.0. The van der Waals surface area contributed by atoms with Crippen molar-refractivity contribution in [3.05, 3.63) is 47.0 Å². The number of aliphatic hydroxyl groups is 1. The monoisotopic (exact) mass is 336 g/mol. The van der Waals surface area contributed by atoms with Crippen LogP contribution in [0.15, 0.2) is 35.6 Å². The van der Waals surface area contributed by atoms with Crippen LogP contribution in [0.5, 0.6) is 0 Å². The lowest BCUT2D eigenvalue weighted by molar-refractivity contribution is -0.187. The Morgan fingerprint density at radius 2 is 1.96 bits per heavy atom. The number of aliphatic hydroxyl groups excluding tert-OH is 1. The van der Waals surface area contributed by atoms with Crippen molar-refractivity contribution in [2.45, 2.75) is 13.5 Å². The van der Waals surface area contributed by atoms with E-state index in [1.54, 1.807) is 0 Å². The third kappa shape index (κ3) is 3.96. The molecule has 0 aromatic heterocycles. The van der Waals surface area contributed by atoms with Crippen LogP contribution in [0.1, 0.15) is 12.5 Å². The van der Waals surface area contributed by atoms with Crippen molar-refractivity contribution in [3.8, 4) is 0 Å². The number of nitrogens with zero attached hydrogens (tertiary/aromatic N) is 2. The maximum atomic E-state index is 13.0. The van der Waals surface area contributed by atoms with Gasteiger partial charge in [-0.05, 0) is 24.6 Å². The van der Waals surface area contributed by atoms with Crippen molar-refractivity contribution in [2.75, 3.05) is 20.2 Å². The van der Waals surface area contributed by atoms with E-state index in [9.17, 15) is 23.9 Å². The summed E-state index contributed by atoms with van der Waals surface area (Å²) in [7, 11) is 1.44. The Bertz CT molecular complexity index is 699. The molecule has 8 heteroatoms. The van der Waals surface area contributed by atoms with E-state index in [1.807, 2.05) is 0 Å². The second-order valence-electron chi connectivity index (χ2n) is 5.43. The second-order valence-corrected chi connectivity index (χ2v) is 5.43. The molecule has 0 atom stereocenters. The molecule has 0 aliphatic carbocycles. The Morgan fingerprint density at radius 1 is 1.33 bits per heavy atom. The number of Topliss-reactive ketones (excluding diaryl/α,β-unsaturated/α-hetero) is 1. The van der Waals surface area contributed by atoms with E-state index in [0.29, 0.717) is 5.56 Å². The number of ketones is 1. The molecule has 1 aliphatic rings. The number of carbonyl (C=O) groups excluding carboxylic acids is 3. The quantitative estimate of drug-likeness (QED) is 0.782. The second kappa shape index (κ2) is 7.22. The number of likely N-dealkylation sites (N-methyl/N-ethyl adjacent to an activating group) is 1. The largest absolute Gasteiger partial charge is 0.503 e. The highest BCUT2D eigenvalue weighted by molar-refractivity contribution is 6.06. The van der Waals surface area contributed by atoms with E-state index < -0.39 is 23.4 Å². The molecule has 7 nitrogen and oxygen atoms in total. The van der Waals surface area contributed by atoms with Gasteiger partial charge in [-0.3, -0.25) is 19.2 Å². The molecule has 0 bridgehead atoms. The van der Waals surface area contributed by atoms with Gasteiger partial charge in [-0.15, -0.1) is 0 Å². The molecule has 2 rings (SSSR count). The zero-order valence-corrected chi connectivity index (χ0v) is 13.3. The number of carbonyl (C=O) groups is 3. The fraction of sp³-hybridized carbons (Fsp3) is 0.312. The fourth-order valence-corrected chi connectivity index (χ4v) is 2.11. The first-order valence-corrected chi connectivity index (χ1v) is 7.16. The SMILES string of the molecule is CC(=O)CON(Cc1ccc(F)cc1)C(=O)C1=C(O)C(=O)N(C)C1. The van der Waals surface area contributed by atoms with Crippen molar-refractivity contribution < 1.29 is 28.7 Å². The molecule has 1 aromatic carbocycles. The van der Waals surface area contributed by atoms with E-state index in [2.05, 4.69) is 0 Å². The molecule has 0 spiro atoms. The molecule has 0 unspecified atom stereocenters. The summed E-state index contributed by atoms with van der Waals surface area (Å²) in [6, 6.07) is 5.39. The topological polar surface area (TPSA) is 87.1 Å². The van der Waals surface area contributed by atoms with Crippen LogP contribution in [0.2, 0.25) is 0 Å². The normalized spacial score (nSPS) is 14.3.